The molecule has 1 aliphatic heterocycles. The van der Waals surface area contributed by atoms with E-state index in [-0.39, 0.29) is 12.1 Å². The highest BCUT2D eigenvalue weighted by molar-refractivity contribution is 7.09. The number of methoxy groups -OCH3 is 2. The number of rotatable bonds is 7. The molecule has 0 saturated carbocycles. The molecule has 1 N–H and O–H groups in total. The Morgan fingerprint density at radius 1 is 1.22 bits per heavy atom. The number of carbonyl (C=O) groups is 1. The van der Waals surface area contributed by atoms with Crippen LogP contribution in [0.3, 0.4) is 0 Å². The van der Waals surface area contributed by atoms with Crippen LogP contribution in [-0.4, -0.2) is 44.4 Å². The highest BCUT2D eigenvalue weighted by atomic mass is 32.1. The van der Waals surface area contributed by atoms with Gasteiger partial charge in [0.2, 0.25) is 0 Å². The number of hydrogen-bond donors (Lipinski definition) is 1. The van der Waals surface area contributed by atoms with Crippen molar-refractivity contribution in [2.45, 2.75) is 32.0 Å². The van der Waals surface area contributed by atoms with E-state index in [9.17, 15) is 4.79 Å². The highest BCUT2D eigenvalue weighted by Crippen LogP contribution is 2.27. The van der Waals surface area contributed by atoms with Crippen LogP contribution in [-0.2, 0) is 17.8 Å². The van der Waals surface area contributed by atoms with Crippen molar-refractivity contribution in [1.29, 1.82) is 0 Å². The molecule has 0 unspecified atom stereocenters. The summed E-state index contributed by atoms with van der Waals surface area (Å²) in [5.74, 6) is 1.33. The van der Waals surface area contributed by atoms with Crippen LogP contribution >= 0.6 is 11.3 Å². The Hall–Kier alpha value is -2.25. The van der Waals surface area contributed by atoms with Gasteiger partial charge in [-0.1, -0.05) is 12.1 Å². The van der Waals surface area contributed by atoms with E-state index in [2.05, 4.69) is 11.4 Å². The molecule has 2 heterocycles. The molecule has 0 radical (unpaired) electrons. The summed E-state index contributed by atoms with van der Waals surface area (Å²) in [7, 11) is 3.21. The van der Waals surface area contributed by atoms with Crippen LogP contribution in [0.2, 0.25) is 0 Å². The first kappa shape index (κ1) is 19.5. The van der Waals surface area contributed by atoms with Crippen molar-refractivity contribution in [3.05, 3.63) is 46.2 Å². The lowest BCUT2D eigenvalue weighted by atomic mass is 10.1. The molecule has 3 rings (SSSR count). The van der Waals surface area contributed by atoms with E-state index in [4.69, 9.17) is 14.2 Å². The van der Waals surface area contributed by atoms with Gasteiger partial charge in [-0.25, -0.2) is 4.79 Å². The Labute approximate surface area is 164 Å². The highest BCUT2D eigenvalue weighted by Gasteiger charge is 2.26. The van der Waals surface area contributed by atoms with Gasteiger partial charge in [-0.05, 0) is 42.0 Å². The normalized spacial score (nSPS) is 14.6. The molecule has 0 bridgehead atoms. The molecule has 1 aromatic carbocycles. The lowest BCUT2D eigenvalue weighted by molar-refractivity contribution is 0.0439. The molecule has 0 aliphatic carbocycles. The first-order chi connectivity index (χ1) is 13.2. The molecular weight excluding hydrogens is 364 g/mol. The summed E-state index contributed by atoms with van der Waals surface area (Å²) >= 11 is 1.67. The van der Waals surface area contributed by atoms with Gasteiger partial charge in [-0.2, -0.15) is 0 Å². The second kappa shape index (κ2) is 9.62. The number of amides is 2. The van der Waals surface area contributed by atoms with Gasteiger partial charge in [0.25, 0.3) is 0 Å². The van der Waals surface area contributed by atoms with Crippen LogP contribution < -0.4 is 14.8 Å². The number of urea groups is 1. The minimum Gasteiger partial charge on any atom is -0.493 e. The predicted octanol–water partition coefficient (Wildman–Crippen LogP) is 3.66. The molecule has 2 amide bonds. The molecule has 1 aromatic heterocycles. The maximum atomic E-state index is 12.9. The minimum absolute atomic E-state index is 0.0508. The zero-order valence-corrected chi connectivity index (χ0v) is 16.6. The van der Waals surface area contributed by atoms with Crippen molar-refractivity contribution < 1.29 is 19.0 Å². The van der Waals surface area contributed by atoms with Crippen LogP contribution in [0.15, 0.2) is 35.7 Å². The topological polar surface area (TPSA) is 60.0 Å². The van der Waals surface area contributed by atoms with E-state index in [1.807, 2.05) is 34.5 Å². The Balaban J connectivity index is 1.66. The van der Waals surface area contributed by atoms with Gasteiger partial charge in [0, 0.05) is 30.7 Å². The van der Waals surface area contributed by atoms with Crippen LogP contribution in [0, 0.1) is 0 Å². The lowest BCUT2D eigenvalue weighted by Crippen LogP contribution is -2.47. The standard InChI is InChI=1S/C20H26N2O4S/c1-24-18-6-5-15(12-19(18)25-2)13-21-20(23)22(14-17-4-3-11-27-17)16-7-9-26-10-8-16/h3-6,11-12,16H,7-10,13-14H2,1-2H3,(H,21,23). The summed E-state index contributed by atoms with van der Waals surface area (Å²) in [4.78, 5) is 16.1. The van der Waals surface area contributed by atoms with Crippen molar-refractivity contribution in [2.24, 2.45) is 0 Å². The van der Waals surface area contributed by atoms with Crippen molar-refractivity contribution in [3.63, 3.8) is 0 Å². The summed E-state index contributed by atoms with van der Waals surface area (Å²) in [5, 5.41) is 5.09. The fourth-order valence-corrected chi connectivity index (χ4v) is 3.91. The van der Waals surface area contributed by atoms with E-state index < -0.39 is 0 Å². The number of nitrogens with zero attached hydrogens (tertiary/aromatic N) is 1. The minimum atomic E-state index is -0.0508. The van der Waals surface area contributed by atoms with Gasteiger partial charge in [-0.3, -0.25) is 0 Å². The fraction of sp³-hybridized carbons (Fsp3) is 0.450. The second-order valence-electron chi connectivity index (χ2n) is 6.40. The third kappa shape index (κ3) is 5.14. The van der Waals surface area contributed by atoms with Gasteiger partial charge in [0.05, 0.1) is 20.8 Å². The van der Waals surface area contributed by atoms with E-state index in [0.29, 0.717) is 37.8 Å². The molecule has 1 aliphatic rings. The van der Waals surface area contributed by atoms with Crippen molar-refractivity contribution in [1.82, 2.24) is 10.2 Å². The largest absolute Gasteiger partial charge is 0.493 e. The van der Waals surface area contributed by atoms with Gasteiger partial charge in [-0.15, -0.1) is 11.3 Å². The maximum absolute atomic E-state index is 12.9. The lowest BCUT2D eigenvalue weighted by Gasteiger charge is -2.34. The van der Waals surface area contributed by atoms with Crippen molar-refractivity contribution in [3.8, 4) is 11.5 Å². The molecule has 2 aromatic rings. The number of nitrogens with one attached hydrogen (secondary N) is 1. The van der Waals surface area contributed by atoms with Gasteiger partial charge >= 0.3 is 6.03 Å². The third-order valence-electron chi connectivity index (χ3n) is 4.69. The zero-order chi connectivity index (χ0) is 19.1. The summed E-state index contributed by atoms with van der Waals surface area (Å²) in [6, 6.07) is 9.90. The summed E-state index contributed by atoms with van der Waals surface area (Å²) in [5.41, 5.74) is 0.962. The summed E-state index contributed by atoms with van der Waals surface area (Å²) < 4.78 is 16.1. The van der Waals surface area contributed by atoms with Gasteiger partial charge < -0.3 is 24.4 Å². The number of ether oxygens (including phenoxy) is 3. The van der Waals surface area contributed by atoms with Gasteiger partial charge in [0.15, 0.2) is 11.5 Å². The number of carbonyl (C=O) groups excluding carboxylic acids is 1. The number of benzene rings is 1. The fourth-order valence-electron chi connectivity index (χ4n) is 3.20. The monoisotopic (exact) mass is 390 g/mol. The van der Waals surface area contributed by atoms with Crippen LogP contribution in [0.1, 0.15) is 23.3 Å². The molecule has 7 heteroatoms. The zero-order valence-electron chi connectivity index (χ0n) is 15.8. The van der Waals surface area contributed by atoms with Crippen LogP contribution in [0.25, 0.3) is 0 Å². The SMILES string of the molecule is COc1ccc(CNC(=O)N(Cc2cccs2)C2CCOCC2)cc1OC. The Bertz CT molecular complexity index is 730. The Kier molecular flexibility index (Phi) is 6.95. The van der Waals surface area contributed by atoms with E-state index in [1.54, 1.807) is 25.6 Å². The first-order valence-corrected chi connectivity index (χ1v) is 9.94. The predicted molar refractivity (Wildman–Crippen MR) is 105 cm³/mol. The number of thiophene rings is 1. The molecule has 0 atom stereocenters. The van der Waals surface area contributed by atoms with Gasteiger partial charge in [0.1, 0.15) is 0 Å². The van der Waals surface area contributed by atoms with E-state index in [0.717, 1.165) is 18.4 Å². The van der Waals surface area contributed by atoms with Crippen molar-refractivity contribution >= 4 is 17.4 Å². The van der Waals surface area contributed by atoms with E-state index in [1.165, 1.54) is 4.88 Å². The average molecular weight is 391 g/mol. The summed E-state index contributed by atoms with van der Waals surface area (Å²) in [6.45, 7) is 2.46. The number of hydrogen-bond acceptors (Lipinski definition) is 5. The van der Waals surface area contributed by atoms with Crippen LogP contribution in [0.4, 0.5) is 4.79 Å². The second-order valence-corrected chi connectivity index (χ2v) is 7.43. The average Bonchev–Trinajstić information content (AvgIpc) is 3.24. The molecule has 0 spiro atoms. The maximum Gasteiger partial charge on any atom is 0.318 e. The molecule has 6 nitrogen and oxygen atoms in total. The van der Waals surface area contributed by atoms with E-state index >= 15 is 0 Å². The first-order valence-electron chi connectivity index (χ1n) is 9.06. The quantitative estimate of drug-likeness (QED) is 0.784. The summed E-state index contributed by atoms with van der Waals surface area (Å²) in [6.07, 6.45) is 1.74. The van der Waals surface area contributed by atoms with Crippen LogP contribution in [0.5, 0.6) is 11.5 Å². The Morgan fingerprint density at radius 3 is 2.67 bits per heavy atom. The molecule has 146 valence electrons. The molecule has 1 fully saturated rings. The molecular formula is C20H26N2O4S. The smallest absolute Gasteiger partial charge is 0.318 e. The molecule has 1 saturated heterocycles. The Morgan fingerprint density at radius 2 is 2.00 bits per heavy atom. The third-order valence-corrected chi connectivity index (χ3v) is 5.55. The van der Waals surface area contributed by atoms with Crippen molar-refractivity contribution in [2.75, 3.05) is 27.4 Å². The molecule has 27 heavy (non-hydrogen) atoms.